The molecule has 0 radical (unpaired) electrons. The van der Waals surface area contributed by atoms with Gasteiger partial charge in [0.1, 0.15) is 0 Å². The van der Waals surface area contributed by atoms with E-state index in [-0.39, 0.29) is 0 Å². The van der Waals surface area contributed by atoms with Crippen molar-refractivity contribution in [1.82, 2.24) is 0 Å². The van der Waals surface area contributed by atoms with E-state index in [1.165, 1.54) is 25.7 Å². The molecule has 0 unspecified atom stereocenters. The van der Waals surface area contributed by atoms with Crippen LogP contribution in [-0.2, 0) is 0 Å². The highest BCUT2D eigenvalue weighted by Gasteiger charge is 2.37. The molecule has 2 aliphatic rings. The van der Waals surface area contributed by atoms with Crippen molar-refractivity contribution in [2.24, 2.45) is 0 Å². The van der Waals surface area contributed by atoms with Crippen molar-refractivity contribution in [3.63, 3.8) is 0 Å². The molecule has 0 aliphatic carbocycles. The maximum atomic E-state index is 6.17. The highest BCUT2D eigenvalue weighted by molar-refractivity contribution is 8.00. The molecule has 0 aromatic heterocycles. The minimum atomic E-state index is 0.417. The van der Waals surface area contributed by atoms with Crippen LogP contribution in [0.4, 0.5) is 0 Å². The monoisotopic (exact) mass is 210 g/mol. The third-order valence-corrected chi connectivity index (χ3v) is 5.78. The number of rotatable bonds is 0. The normalized spacial score (nSPS) is 50.7. The van der Waals surface area contributed by atoms with Crippen LogP contribution in [0, 0.1) is 0 Å². The number of alkyl halides is 2. The Bertz CT molecular complexity index is 135. The Hall–Kier alpha value is 0.930. The molecule has 0 aromatic carbocycles. The summed E-state index contributed by atoms with van der Waals surface area (Å²) in [4.78, 5) is 0. The van der Waals surface area contributed by atoms with Gasteiger partial charge in [-0.05, 0) is 25.7 Å². The van der Waals surface area contributed by atoms with Gasteiger partial charge in [0, 0.05) is 21.3 Å². The smallest absolute Gasteiger partial charge is 0.0455 e. The van der Waals surface area contributed by atoms with Gasteiger partial charge in [0.25, 0.3) is 0 Å². The summed E-state index contributed by atoms with van der Waals surface area (Å²) < 4.78 is 0. The van der Waals surface area contributed by atoms with Crippen molar-refractivity contribution in [3.05, 3.63) is 0 Å². The number of hydrogen-bond donors (Lipinski definition) is 0. The Morgan fingerprint density at radius 1 is 0.818 bits per heavy atom. The van der Waals surface area contributed by atoms with E-state index in [0.29, 0.717) is 21.3 Å². The molecule has 64 valence electrons. The van der Waals surface area contributed by atoms with Gasteiger partial charge in [-0.2, -0.15) is 11.8 Å². The van der Waals surface area contributed by atoms with Crippen molar-refractivity contribution in [2.75, 3.05) is 0 Å². The van der Waals surface area contributed by atoms with Crippen molar-refractivity contribution in [1.29, 1.82) is 0 Å². The molecule has 0 N–H and O–H groups in total. The second-order valence-electron chi connectivity index (χ2n) is 3.40. The van der Waals surface area contributed by atoms with Crippen molar-refractivity contribution in [3.8, 4) is 0 Å². The maximum Gasteiger partial charge on any atom is 0.0455 e. The summed E-state index contributed by atoms with van der Waals surface area (Å²) in [5.74, 6) is 0. The quantitative estimate of drug-likeness (QED) is 0.554. The van der Waals surface area contributed by atoms with Gasteiger partial charge in [0.05, 0.1) is 0 Å². The highest BCUT2D eigenvalue weighted by atomic mass is 35.5. The number of hydrogen-bond acceptors (Lipinski definition) is 1. The first-order chi connectivity index (χ1) is 5.27. The van der Waals surface area contributed by atoms with Crippen molar-refractivity contribution < 1.29 is 0 Å². The Morgan fingerprint density at radius 3 is 1.73 bits per heavy atom. The molecule has 3 heteroatoms. The third-order valence-electron chi connectivity index (χ3n) is 2.61. The zero-order valence-electron chi connectivity index (χ0n) is 6.30. The molecule has 0 amide bonds. The van der Waals surface area contributed by atoms with E-state index in [1.54, 1.807) is 0 Å². The van der Waals surface area contributed by atoms with Crippen LogP contribution in [-0.4, -0.2) is 21.3 Å². The van der Waals surface area contributed by atoms with Crippen LogP contribution >= 0.6 is 35.0 Å². The zero-order chi connectivity index (χ0) is 7.84. The first-order valence-electron chi connectivity index (χ1n) is 4.21. The number of halogens is 2. The lowest BCUT2D eigenvalue weighted by molar-refractivity contribution is 0.501. The predicted octanol–water partition coefficient (Wildman–Crippen LogP) is 3.26. The molecule has 0 aromatic rings. The lowest BCUT2D eigenvalue weighted by Crippen LogP contribution is -2.37. The second kappa shape index (κ2) is 3.35. The van der Waals surface area contributed by atoms with Crippen LogP contribution < -0.4 is 0 Å². The van der Waals surface area contributed by atoms with Gasteiger partial charge in [0.15, 0.2) is 0 Å². The topological polar surface area (TPSA) is 0 Å². The van der Waals surface area contributed by atoms with E-state index in [1.807, 2.05) is 11.8 Å². The van der Waals surface area contributed by atoms with Gasteiger partial charge in [-0.25, -0.2) is 0 Å². The van der Waals surface area contributed by atoms with Crippen molar-refractivity contribution in [2.45, 2.75) is 46.9 Å². The summed E-state index contributed by atoms with van der Waals surface area (Å²) in [5.41, 5.74) is 0. The molecule has 4 atom stereocenters. The fourth-order valence-electron chi connectivity index (χ4n) is 1.91. The Kier molecular flexibility index (Phi) is 2.60. The Labute approximate surface area is 82.0 Å². The van der Waals surface area contributed by atoms with Crippen LogP contribution in [0.5, 0.6) is 0 Å². The first kappa shape index (κ1) is 8.52. The summed E-state index contributed by atoms with van der Waals surface area (Å²) >= 11 is 14.4. The van der Waals surface area contributed by atoms with Gasteiger partial charge in [0.2, 0.25) is 0 Å². The number of fused-ring (bicyclic) bond motifs is 2. The largest absolute Gasteiger partial charge is 0.152 e. The molecular weight excluding hydrogens is 199 g/mol. The van der Waals surface area contributed by atoms with Gasteiger partial charge < -0.3 is 0 Å². The van der Waals surface area contributed by atoms with E-state index in [2.05, 4.69) is 0 Å². The maximum absolute atomic E-state index is 6.17. The van der Waals surface area contributed by atoms with E-state index >= 15 is 0 Å². The van der Waals surface area contributed by atoms with E-state index in [0.717, 1.165) is 0 Å². The van der Waals surface area contributed by atoms with Gasteiger partial charge in [-0.1, -0.05) is 0 Å². The first-order valence-corrected chi connectivity index (χ1v) is 6.02. The molecular formula is C8H12Cl2S. The van der Waals surface area contributed by atoms with E-state index < -0.39 is 0 Å². The molecule has 2 heterocycles. The van der Waals surface area contributed by atoms with E-state index in [9.17, 15) is 0 Å². The zero-order valence-corrected chi connectivity index (χ0v) is 8.63. The van der Waals surface area contributed by atoms with Gasteiger partial charge in [-0.3, -0.25) is 0 Å². The van der Waals surface area contributed by atoms with Crippen LogP contribution in [0.2, 0.25) is 0 Å². The van der Waals surface area contributed by atoms with Crippen LogP contribution in [0.3, 0.4) is 0 Å². The number of thioether (sulfide) groups is 1. The fraction of sp³-hybridized carbons (Fsp3) is 1.00. The third kappa shape index (κ3) is 1.66. The van der Waals surface area contributed by atoms with Crippen LogP contribution in [0.25, 0.3) is 0 Å². The Morgan fingerprint density at radius 2 is 1.27 bits per heavy atom. The predicted molar refractivity (Wildman–Crippen MR) is 52.9 cm³/mol. The molecule has 2 rings (SSSR count). The lowest BCUT2D eigenvalue weighted by Gasteiger charge is -2.39. The summed E-state index contributed by atoms with van der Waals surface area (Å²) in [6.45, 7) is 0. The molecule has 0 saturated carbocycles. The van der Waals surface area contributed by atoms with Gasteiger partial charge in [-0.15, -0.1) is 23.2 Å². The van der Waals surface area contributed by atoms with Crippen molar-refractivity contribution >= 4 is 35.0 Å². The molecule has 2 bridgehead atoms. The Balaban J connectivity index is 2.02. The van der Waals surface area contributed by atoms with Crippen LogP contribution in [0.1, 0.15) is 25.7 Å². The molecule has 2 aliphatic heterocycles. The van der Waals surface area contributed by atoms with E-state index in [4.69, 9.17) is 23.2 Å². The lowest BCUT2D eigenvalue weighted by atomic mass is 9.98. The molecule has 2 saturated heterocycles. The fourth-order valence-corrected chi connectivity index (χ4v) is 4.38. The summed E-state index contributed by atoms with van der Waals surface area (Å²) in [6.07, 6.45) is 4.80. The van der Waals surface area contributed by atoms with Gasteiger partial charge >= 0.3 is 0 Å². The molecule has 0 spiro atoms. The average molecular weight is 211 g/mol. The minimum Gasteiger partial charge on any atom is -0.152 e. The standard InChI is InChI=1S/C8H12Cl2S/c9-5-1-3-7-6(10)2-4-8(5)11-7/h5-8H,1-4H2/t5-,6+,7-,8+. The summed E-state index contributed by atoms with van der Waals surface area (Å²) in [5, 5.41) is 2.23. The molecule has 0 nitrogen and oxygen atoms in total. The molecule has 11 heavy (non-hydrogen) atoms. The second-order valence-corrected chi connectivity index (χ2v) is 6.00. The SMILES string of the molecule is Cl[C@@H]1CC[C@H]2S[C@H]1CC[C@@H]2Cl. The summed E-state index contributed by atoms with van der Waals surface area (Å²) in [6, 6.07) is 0. The minimum absolute atomic E-state index is 0.417. The average Bonchev–Trinajstić information content (AvgIpc) is 2.02. The molecule has 2 fully saturated rings. The van der Waals surface area contributed by atoms with Crippen LogP contribution in [0.15, 0.2) is 0 Å². The summed E-state index contributed by atoms with van der Waals surface area (Å²) in [7, 11) is 0. The highest BCUT2D eigenvalue weighted by Crippen LogP contribution is 2.45.